The van der Waals surface area contributed by atoms with E-state index in [1.54, 1.807) is 18.3 Å². The third-order valence-corrected chi connectivity index (χ3v) is 6.52. The third-order valence-electron chi connectivity index (χ3n) is 6.52. The molecule has 0 atom stereocenters. The van der Waals surface area contributed by atoms with Crippen LogP contribution >= 0.6 is 0 Å². The van der Waals surface area contributed by atoms with E-state index < -0.39 is 0 Å². The molecule has 0 aliphatic heterocycles. The zero-order chi connectivity index (χ0) is 20.8. The minimum Gasteiger partial charge on any atom is -0.470 e. The number of aromatic nitrogens is 5. The summed E-state index contributed by atoms with van der Waals surface area (Å²) >= 11 is 0. The lowest BCUT2D eigenvalue weighted by atomic mass is 9.67. The molecule has 2 bridgehead atoms. The molecule has 1 aromatic carbocycles. The van der Waals surface area contributed by atoms with E-state index in [0.717, 1.165) is 24.1 Å². The normalized spacial score (nSPS) is 19.2. The molecule has 3 aliphatic carbocycles. The van der Waals surface area contributed by atoms with Gasteiger partial charge in [0.05, 0.1) is 11.3 Å². The van der Waals surface area contributed by atoms with Crippen molar-refractivity contribution in [1.29, 1.82) is 5.26 Å². The van der Waals surface area contributed by atoms with Crippen LogP contribution in [0.3, 0.4) is 0 Å². The van der Waals surface area contributed by atoms with Gasteiger partial charge in [-0.15, -0.1) is 15.3 Å². The Morgan fingerprint density at radius 1 is 0.968 bits per heavy atom. The molecule has 4 aromatic rings. The summed E-state index contributed by atoms with van der Waals surface area (Å²) in [6, 6.07) is 15.7. The van der Waals surface area contributed by atoms with E-state index in [4.69, 9.17) is 9.84 Å². The van der Waals surface area contributed by atoms with E-state index >= 15 is 0 Å². The molecule has 7 nitrogen and oxygen atoms in total. The van der Waals surface area contributed by atoms with Crippen molar-refractivity contribution in [2.24, 2.45) is 0 Å². The Morgan fingerprint density at radius 2 is 1.74 bits per heavy atom. The highest BCUT2D eigenvalue weighted by Crippen LogP contribution is 2.53. The van der Waals surface area contributed by atoms with Crippen molar-refractivity contribution in [1.82, 2.24) is 24.8 Å². The number of nitriles is 1. The summed E-state index contributed by atoms with van der Waals surface area (Å²) < 4.78 is 8.08. The Labute approximate surface area is 179 Å². The van der Waals surface area contributed by atoms with Crippen LogP contribution in [0.5, 0.6) is 5.88 Å². The number of benzene rings is 1. The molecule has 1 fully saturated rings. The van der Waals surface area contributed by atoms with Gasteiger partial charge in [0.25, 0.3) is 0 Å². The number of hydrogen-bond donors (Lipinski definition) is 0. The molecule has 0 saturated heterocycles. The Balaban J connectivity index is 1.50. The second kappa shape index (κ2) is 7.17. The first-order valence-corrected chi connectivity index (χ1v) is 10.6. The van der Waals surface area contributed by atoms with Gasteiger partial charge in [0.2, 0.25) is 5.88 Å². The number of rotatable bonds is 4. The van der Waals surface area contributed by atoms with Crippen LogP contribution in [-0.4, -0.2) is 24.8 Å². The fourth-order valence-corrected chi connectivity index (χ4v) is 5.06. The summed E-state index contributed by atoms with van der Waals surface area (Å²) in [5.74, 6) is 2.22. The molecule has 0 spiro atoms. The molecule has 7 heteroatoms. The monoisotopic (exact) mass is 408 g/mol. The van der Waals surface area contributed by atoms with Crippen LogP contribution in [0.15, 0.2) is 48.7 Å². The highest BCUT2D eigenvalue weighted by molar-refractivity contribution is 5.65. The Morgan fingerprint density at radius 3 is 2.52 bits per heavy atom. The molecule has 31 heavy (non-hydrogen) atoms. The second-order valence-electron chi connectivity index (χ2n) is 8.20. The molecule has 0 N–H and O–H groups in total. The van der Waals surface area contributed by atoms with Gasteiger partial charge in [0.15, 0.2) is 11.5 Å². The van der Waals surface area contributed by atoms with Gasteiger partial charge in [-0.25, -0.2) is 0 Å². The van der Waals surface area contributed by atoms with Gasteiger partial charge in [0.1, 0.15) is 12.7 Å². The summed E-state index contributed by atoms with van der Waals surface area (Å²) in [5, 5.41) is 23.3. The van der Waals surface area contributed by atoms with Crippen molar-refractivity contribution in [3.8, 4) is 23.3 Å². The molecule has 1 saturated carbocycles. The highest BCUT2D eigenvalue weighted by Gasteiger charge is 2.39. The lowest BCUT2D eigenvalue weighted by molar-refractivity contribution is 0.265. The van der Waals surface area contributed by atoms with Crippen molar-refractivity contribution in [3.63, 3.8) is 0 Å². The first-order valence-electron chi connectivity index (χ1n) is 10.6. The lowest BCUT2D eigenvalue weighted by Crippen LogP contribution is -2.25. The van der Waals surface area contributed by atoms with Crippen molar-refractivity contribution < 1.29 is 4.74 Å². The van der Waals surface area contributed by atoms with Crippen LogP contribution < -0.4 is 4.74 Å². The van der Waals surface area contributed by atoms with Gasteiger partial charge in [-0.3, -0.25) is 4.98 Å². The van der Waals surface area contributed by atoms with Crippen molar-refractivity contribution in [2.45, 2.75) is 44.1 Å². The number of pyridine rings is 1. The van der Waals surface area contributed by atoms with Gasteiger partial charge in [0, 0.05) is 22.9 Å². The molecular formula is C24H20N6O. The zero-order valence-electron chi connectivity index (χ0n) is 16.9. The van der Waals surface area contributed by atoms with Gasteiger partial charge in [-0.2, -0.15) is 9.78 Å². The predicted octanol–water partition coefficient (Wildman–Crippen LogP) is 4.39. The average Bonchev–Trinajstić information content (AvgIpc) is 3.28. The number of ether oxygens (including phenoxy) is 1. The maximum atomic E-state index is 9.39. The Bertz CT molecular complexity index is 1320. The average molecular weight is 408 g/mol. The minimum atomic E-state index is 0.203. The molecule has 152 valence electrons. The zero-order valence-corrected chi connectivity index (χ0v) is 16.9. The molecule has 7 rings (SSSR count). The van der Waals surface area contributed by atoms with Crippen LogP contribution in [0.2, 0.25) is 0 Å². The predicted molar refractivity (Wildman–Crippen MR) is 113 cm³/mol. The van der Waals surface area contributed by atoms with E-state index in [-0.39, 0.29) is 6.61 Å². The number of hydrogen-bond acceptors (Lipinski definition) is 6. The second-order valence-corrected chi connectivity index (χ2v) is 8.20. The summed E-state index contributed by atoms with van der Waals surface area (Å²) in [7, 11) is 0. The molecule has 0 amide bonds. The molecular weight excluding hydrogens is 388 g/mol. The first-order chi connectivity index (χ1) is 15.3. The summed E-state index contributed by atoms with van der Waals surface area (Å²) in [5.41, 5.74) is 5.36. The van der Waals surface area contributed by atoms with Crippen LogP contribution in [0.25, 0.3) is 17.0 Å². The maximum Gasteiger partial charge on any atom is 0.236 e. The SMILES string of the molecule is N#Cc1cccnc1COc1nn2c(-c3ccccc3)nnc2c2c1C1CCC2CC1. The number of nitrogens with zero attached hydrogens (tertiary/aromatic N) is 6. The quantitative estimate of drug-likeness (QED) is 0.497. The van der Waals surface area contributed by atoms with Gasteiger partial charge >= 0.3 is 0 Å². The number of fused-ring (bicyclic) bond motifs is 3. The van der Waals surface area contributed by atoms with Crippen LogP contribution in [0, 0.1) is 11.3 Å². The smallest absolute Gasteiger partial charge is 0.236 e. The van der Waals surface area contributed by atoms with Crippen LogP contribution in [0.1, 0.15) is 59.9 Å². The van der Waals surface area contributed by atoms with E-state index in [9.17, 15) is 5.26 Å². The van der Waals surface area contributed by atoms with E-state index in [1.165, 1.54) is 24.0 Å². The molecule has 0 unspecified atom stereocenters. The summed E-state index contributed by atoms with van der Waals surface area (Å²) in [6.45, 7) is 0.203. The standard InChI is InChI=1S/C24H20N6O/c25-13-18-7-4-12-26-19(18)14-31-24-21-16-10-8-15(9-11-16)20(21)23-28-27-22(30(23)29-24)17-5-2-1-3-6-17/h1-7,12,15-16H,8-11,14H2. The minimum absolute atomic E-state index is 0.203. The van der Waals surface area contributed by atoms with Crippen LogP contribution in [-0.2, 0) is 6.61 Å². The Kier molecular flexibility index (Phi) is 4.17. The van der Waals surface area contributed by atoms with Gasteiger partial charge in [-0.05, 0) is 49.7 Å². The Hall–Kier alpha value is -3.79. The van der Waals surface area contributed by atoms with Crippen molar-refractivity contribution in [2.75, 3.05) is 0 Å². The maximum absolute atomic E-state index is 9.39. The van der Waals surface area contributed by atoms with E-state index in [0.29, 0.717) is 34.8 Å². The van der Waals surface area contributed by atoms with Crippen LogP contribution in [0.4, 0.5) is 0 Å². The summed E-state index contributed by atoms with van der Waals surface area (Å²) in [4.78, 5) is 4.34. The lowest BCUT2D eigenvalue weighted by Gasteiger charge is -2.38. The third kappa shape index (κ3) is 2.87. The molecule has 0 radical (unpaired) electrons. The largest absolute Gasteiger partial charge is 0.470 e. The van der Waals surface area contributed by atoms with Gasteiger partial charge in [-0.1, -0.05) is 30.3 Å². The fraction of sp³-hybridized carbons (Fsp3) is 0.292. The summed E-state index contributed by atoms with van der Waals surface area (Å²) in [6.07, 6.45) is 6.32. The fourth-order valence-electron chi connectivity index (χ4n) is 5.06. The topological polar surface area (TPSA) is 89.0 Å². The van der Waals surface area contributed by atoms with E-state index in [2.05, 4.69) is 21.3 Å². The highest BCUT2D eigenvalue weighted by atomic mass is 16.5. The molecule has 3 aliphatic rings. The van der Waals surface area contributed by atoms with Crippen molar-refractivity contribution >= 4 is 5.65 Å². The first kappa shape index (κ1) is 18.0. The van der Waals surface area contributed by atoms with E-state index in [1.807, 2.05) is 34.8 Å². The molecule has 3 heterocycles. The van der Waals surface area contributed by atoms with Crippen molar-refractivity contribution in [3.05, 3.63) is 71.0 Å². The molecule has 3 aromatic heterocycles. The van der Waals surface area contributed by atoms with Gasteiger partial charge < -0.3 is 4.74 Å².